The number of halogens is 1. The van der Waals surface area contributed by atoms with E-state index < -0.39 is 0 Å². The minimum absolute atomic E-state index is 0.132. The van der Waals surface area contributed by atoms with E-state index in [2.05, 4.69) is 28.1 Å². The molecule has 3 rings (SSSR count). The average Bonchev–Trinajstić information content (AvgIpc) is 3.16. The zero-order valence-electron chi connectivity index (χ0n) is 12.4. The third-order valence-electron chi connectivity index (χ3n) is 3.87. The summed E-state index contributed by atoms with van der Waals surface area (Å²) in [6.45, 7) is 3.47. The molecule has 1 aliphatic rings. The molecule has 0 radical (unpaired) electrons. The van der Waals surface area contributed by atoms with Crippen LogP contribution in [0.5, 0.6) is 5.75 Å². The van der Waals surface area contributed by atoms with Crippen molar-refractivity contribution in [2.45, 2.75) is 25.8 Å². The molecule has 2 heterocycles. The van der Waals surface area contributed by atoms with Gasteiger partial charge in [-0.15, -0.1) is 11.3 Å². The molecule has 0 saturated carbocycles. The van der Waals surface area contributed by atoms with Crippen LogP contribution in [0.15, 0.2) is 40.2 Å². The molecule has 3 nitrogen and oxygen atoms in total. The molecule has 0 spiro atoms. The number of amides is 1. The summed E-state index contributed by atoms with van der Waals surface area (Å²) in [7, 11) is 0. The summed E-state index contributed by atoms with van der Waals surface area (Å²) in [5.41, 5.74) is 1.19. The van der Waals surface area contributed by atoms with E-state index in [1.807, 2.05) is 36.1 Å². The third kappa shape index (κ3) is 3.20. The first-order valence-corrected chi connectivity index (χ1v) is 9.09. The van der Waals surface area contributed by atoms with E-state index in [1.165, 1.54) is 16.9 Å². The van der Waals surface area contributed by atoms with E-state index in [-0.39, 0.29) is 11.9 Å². The van der Waals surface area contributed by atoms with Gasteiger partial charge < -0.3 is 9.64 Å². The Labute approximate surface area is 143 Å². The Balaban J connectivity index is 1.79. The van der Waals surface area contributed by atoms with E-state index in [1.54, 1.807) is 0 Å². The van der Waals surface area contributed by atoms with Gasteiger partial charge in [-0.1, -0.05) is 12.1 Å². The van der Waals surface area contributed by atoms with Gasteiger partial charge in [-0.25, -0.2) is 0 Å². The molecular weight excluding hydrogens is 362 g/mol. The number of ether oxygens (including phenoxy) is 1. The molecule has 1 aliphatic heterocycles. The lowest BCUT2D eigenvalue weighted by atomic mass is 10.0. The number of hydrogen-bond acceptors (Lipinski definition) is 3. The maximum absolute atomic E-state index is 12.7. The lowest BCUT2D eigenvalue weighted by Crippen LogP contribution is -2.29. The standard InChI is InChI=1S/C17H18BrNO2S/c1-2-21-13-7-5-12(6-8-13)14-4-3-11-19(14)17(20)15-9-10-16(18)22-15/h5-10,14H,2-4,11H2,1H3. The second-order valence-electron chi connectivity index (χ2n) is 5.26. The highest BCUT2D eigenvalue weighted by atomic mass is 79.9. The molecule has 22 heavy (non-hydrogen) atoms. The fourth-order valence-electron chi connectivity index (χ4n) is 2.88. The van der Waals surface area contributed by atoms with Crippen molar-refractivity contribution < 1.29 is 9.53 Å². The topological polar surface area (TPSA) is 29.5 Å². The Morgan fingerprint density at radius 1 is 1.32 bits per heavy atom. The van der Waals surface area contributed by atoms with Crippen LogP contribution in [-0.4, -0.2) is 24.0 Å². The lowest BCUT2D eigenvalue weighted by Gasteiger charge is -2.24. The SMILES string of the molecule is CCOc1ccc(C2CCCN2C(=O)c2ccc(Br)s2)cc1. The number of benzene rings is 1. The second kappa shape index (κ2) is 6.84. The van der Waals surface area contributed by atoms with Crippen LogP contribution >= 0.6 is 27.3 Å². The van der Waals surface area contributed by atoms with E-state index in [0.717, 1.165) is 33.8 Å². The molecule has 0 bridgehead atoms. The summed E-state index contributed by atoms with van der Waals surface area (Å²) in [4.78, 5) is 15.5. The zero-order valence-corrected chi connectivity index (χ0v) is 14.8. The molecular formula is C17H18BrNO2S. The quantitative estimate of drug-likeness (QED) is 0.756. The van der Waals surface area contributed by atoms with Crippen LogP contribution in [0.4, 0.5) is 0 Å². The van der Waals surface area contributed by atoms with Crippen LogP contribution < -0.4 is 4.74 Å². The summed E-state index contributed by atoms with van der Waals surface area (Å²) in [5, 5.41) is 0. The van der Waals surface area contributed by atoms with Crippen LogP contribution in [0.1, 0.15) is 41.0 Å². The Morgan fingerprint density at radius 2 is 2.09 bits per heavy atom. The van der Waals surface area contributed by atoms with Gasteiger partial charge in [-0.05, 0) is 65.5 Å². The van der Waals surface area contributed by atoms with Gasteiger partial charge in [0.15, 0.2) is 0 Å². The zero-order chi connectivity index (χ0) is 15.5. The first-order chi connectivity index (χ1) is 10.7. The molecule has 1 aromatic carbocycles. The third-order valence-corrected chi connectivity index (χ3v) is 5.49. The number of rotatable bonds is 4. The maximum atomic E-state index is 12.7. The Hall–Kier alpha value is -1.33. The number of nitrogens with zero attached hydrogens (tertiary/aromatic N) is 1. The molecule has 0 aliphatic carbocycles. The lowest BCUT2D eigenvalue weighted by molar-refractivity contribution is 0.0740. The van der Waals surface area contributed by atoms with Crippen LogP contribution in [0.3, 0.4) is 0 Å². The highest BCUT2D eigenvalue weighted by molar-refractivity contribution is 9.11. The Bertz CT molecular complexity index is 653. The first kappa shape index (κ1) is 15.6. The number of carbonyl (C=O) groups excluding carboxylic acids is 1. The van der Waals surface area contributed by atoms with Crippen LogP contribution in [0.25, 0.3) is 0 Å². The number of carbonyl (C=O) groups is 1. The highest BCUT2D eigenvalue weighted by Gasteiger charge is 2.31. The molecule has 1 atom stereocenters. The minimum Gasteiger partial charge on any atom is -0.494 e. The summed E-state index contributed by atoms with van der Waals surface area (Å²) in [6, 6.07) is 12.1. The van der Waals surface area contributed by atoms with Crippen molar-refractivity contribution in [2.75, 3.05) is 13.2 Å². The number of likely N-dealkylation sites (tertiary alicyclic amines) is 1. The van der Waals surface area contributed by atoms with Gasteiger partial charge in [0.25, 0.3) is 5.91 Å². The fraction of sp³-hybridized carbons (Fsp3) is 0.353. The van der Waals surface area contributed by atoms with Gasteiger partial charge in [-0.3, -0.25) is 4.79 Å². The molecule has 1 saturated heterocycles. The minimum atomic E-state index is 0.132. The highest BCUT2D eigenvalue weighted by Crippen LogP contribution is 2.35. The Kier molecular flexibility index (Phi) is 4.84. The summed E-state index contributed by atoms with van der Waals surface area (Å²) in [6.07, 6.45) is 2.07. The van der Waals surface area contributed by atoms with Gasteiger partial charge in [0.1, 0.15) is 5.75 Å². The molecule has 1 unspecified atom stereocenters. The van der Waals surface area contributed by atoms with Gasteiger partial charge in [0.05, 0.1) is 21.3 Å². The van der Waals surface area contributed by atoms with Gasteiger partial charge in [0, 0.05) is 6.54 Å². The van der Waals surface area contributed by atoms with Crippen molar-refractivity contribution in [1.29, 1.82) is 0 Å². The summed E-state index contributed by atoms with van der Waals surface area (Å²) in [5.74, 6) is 1.01. The van der Waals surface area contributed by atoms with E-state index in [0.29, 0.717) is 6.61 Å². The number of thiophene rings is 1. The molecule has 1 amide bonds. The summed E-state index contributed by atoms with van der Waals surface area (Å²) < 4.78 is 6.48. The van der Waals surface area contributed by atoms with Crippen LogP contribution in [0, 0.1) is 0 Å². The maximum Gasteiger partial charge on any atom is 0.264 e. The molecule has 2 aromatic rings. The fourth-order valence-corrected chi connectivity index (χ4v) is 4.22. The van der Waals surface area contributed by atoms with E-state index >= 15 is 0 Å². The molecule has 1 fully saturated rings. The average molecular weight is 380 g/mol. The molecule has 1 aromatic heterocycles. The van der Waals surface area contributed by atoms with Gasteiger partial charge in [-0.2, -0.15) is 0 Å². The largest absolute Gasteiger partial charge is 0.494 e. The van der Waals surface area contributed by atoms with Crippen LogP contribution in [0.2, 0.25) is 0 Å². The summed E-state index contributed by atoms with van der Waals surface area (Å²) >= 11 is 4.92. The van der Waals surface area contributed by atoms with Crippen molar-refractivity contribution in [3.8, 4) is 5.75 Å². The molecule has 5 heteroatoms. The first-order valence-electron chi connectivity index (χ1n) is 7.48. The van der Waals surface area contributed by atoms with Gasteiger partial charge in [0.2, 0.25) is 0 Å². The van der Waals surface area contributed by atoms with E-state index in [4.69, 9.17) is 4.74 Å². The molecule has 0 N–H and O–H groups in total. The normalized spacial score (nSPS) is 17.7. The second-order valence-corrected chi connectivity index (χ2v) is 7.73. The molecule has 116 valence electrons. The van der Waals surface area contributed by atoms with Crippen LogP contribution in [-0.2, 0) is 0 Å². The predicted molar refractivity (Wildman–Crippen MR) is 92.6 cm³/mol. The monoisotopic (exact) mass is 379 g/mol. The van der Waals surface area contributed by atoms with Crippen molar-refractivity contribution in [2.24, 2.45) is 0 Å². The number of hydrogen-bond donors (Lipinski definition) is 0. The van der Waals surface area contributed by atoms with Gasteiger partial charge >= 0.3 is 0 Å². The van der Waals surface area contributed by atoms with Crippen molar-refractivity contribution in [1.82, 2.24) is 4.90 Å². The van der Waals surface area contributed by atoms with Crippen molar-refractivity contribution in [3.63, 3.8) is 0 Å². The van der Waals surface area contributed by atoms with Crippen molar-refractivity contribution in [3.05, 3.63) is 50.6 Å². The predicted octanol–water partition coefficient (Wildman–Crippen LogP) is 4.89. The Morgan fingerprint density at radius 3 is 2.73 bits per heavy atom. The van der Waals surface area contributed by atoms with Crippen molar-refractivity contribution >= 4 is 33.2 Å². The smallest absolute Gasteiger partial charge is 0.264 e. The van der Waals surface area contributed by atoms with E-state index in [9.17, 15) is 4.79 Å².